The number of nitrogens with one attached hydrogen (secondary N) is 2. The minimum Gasteiger partial charge on any atom is -0.351 e. The fourth-order valence-electron chi connectivity index (χ4n) is 1.55. The Morgan fingerprint density at radius 1 is 1.24 bits per heavy atom. The van der Waals surface area contributed by atoms with Gasteiger partial charge in [-0.25, -0.2) is 13.1 Å². The summed E-state index contributed by atoms with van der Waals surface area (Å²) in [7, 11) is -3.56. The molecule has 0 spiro atoms. The maximum absolute atomic E-state index is 12.1. The number of amides is 1. The molecule has 8 heteroatoms. The molecule has 1 amide bonds. The lowest BCUT2D eigenvalue weighted by molar-refractivity contribution is -0.119. The van der Waals surface area contributed by atoms with Gasteiger partial charge in [-0.3, -0.25) is 9.78 Å². The largest absolute Gasteiger partial charge is 0.351 e. The molecule has 2 heterocycles. The second-order valence-electron chi connectivity index (χ2n) is 4.28. The summed E-state index contributed by atoms with van der Waals surface area (Å²) in [4.78, 5) is 15.7. The predicted molar refractivity (Wildman–Crippen MR) is 80.1 cm³/mol. The SMILES string of the molecule is CC(=O)NCc1ccc(S(=O)(=O)NCc2ccccn2)s1. The van der Waals surface area contributed by atoms with Crippen LogP contribution < -0.4 is 10.0 Å². The second kappa shape index (κ2) is 6.79. The zero-order valence-electron chi connectivity index (χ0n) is 11.4. The molecule has 0 bridgehead atoms. The number of rotatable bonds is 6. The number of nitrogens with zero attached hydrogens (tertiary/aromatic N) is 1. The van der Waals surface area contributed by atoms with Gasteiger partial charge in [-0.15, -0.1) is 11.3 Å². The molecule has 0 fully saturated rings. The highest BCUT2D eigenvalue weighted by atomic mass is 32.2. The molecule has 21 heavy (non-hydrogen) atoms. The number of thiophene rings is 1. The maximum atomic E-state index is 12.1. The first-order valence-electron chi connectivity index (χ1n) is 6.20. The summed E-state index contributed by atoms with van der Waals surface area (Å²) in [5.74, 6) is -0.152. The van der Waals surface area contributed by atoms with E-state index in [1.807, 2.05) is 0 Å². The van der Waals surface area contributed by atoms with Crippen LogP contribution in [0.2, 0.25) is 0 Å². The van der Waals surface area contributed by atoms with E-state index in [1.54, 1.807) is 30.5 Å². The van der Waals surface area contributed by atoms with Crippen molar-refractivity contribution in [1.29, 1.82) is 0 Å². The zero-order valence-corrected chi connectivity index (χ0v) is 13.0. The van der Waals surface area contributed by atoms with E-state index >= 15 is 0 Å². The van der Waals surface area contributed by atoms with E-state index in [1.165, 1.54) is 13.0 Å². The average molecular weight is 325 g/mol. The molecule has 0 unspecified atom stereocenters. The van der Waals surface area contributed by atoms with Crippen molar-refractivity contribution in [1.82, 2.24) is 15.0 Å². The molecule has 0 saturated carbocycles. The molecule has 2 N–H and O–H groups in total. The Kier molecular flexibility index (Phi) is 5.05. The van der Waals surface area contributed by atoms with Gasteiger partial charge in [-0.2, -0.15) is 0 Å². The van der Waals surface area contributed by atoms with Crippen molar-refractivity contribution < 1.29 is 13.2 Å². The van der Waals surface area contributed by atoms with Gasteiger partial charge in [0.2, 0.25) is 15.9 Å². The monoisotopic (exact) mass is 325 g/mol. The molecule has 0 aliphatic rings. The van der Waals surface area contributed by atoms with E-state index in [0.717, 1.165) is 16.2 Å². The first-order valence-corrected chi connectivity index (χ1v) is 8.50. The molecule has 0 radical (unpaired) electrons. The number of carbonyl (C=O) groups is 1. The van der Waals surface area contributed by atoms with Gasteiger partial charge in [-0.05, 0) is 24.3 Å². The van der Waals surface area contributed by atoms with Crippen molar-refractivity contribution >= 4 is 27.3 Å². The molecule has 0 saturated heterocycles. The molecule has 2 aromatic heterocycles. The van der Waals surface area contributed by atoms with Crippen molar-refractivity contribution in [2.45, 2.75) is 24.2 Å². The lowest BCUT2D eigenvalue weighted by Gasteiger charge is -2.04. The third kappa shape index (κ3) is 4.62. The molecule has 2 rings (SSSR count). The Labute approximate surface area is 127 Å². The molecule has 6 nitrogen and oxygen atoms in total. The van der Waals surface area contributed by atoms with Crippen LogP contribution in [-0.2, 0) is 27.9 Å². The number of sulfonamides is 1. The summed E-state index contributed by atoms with van der Waals surface area (Å²) in [5.41, 5.74) is 0.649. The number of pyridine rings is 1. The topological polar surface area (TPSA) is 88.2 Å². The van der Waals surface area contributed by atoms with Gasteiger partial charge in [0.15, 0.2) is 0 Å². The summed E-state index contributed by atoms with van der Waals surface area (Å²) in [6, 6.07) is 8.54. The Balaban J connectivity index is 2.01. The molecular formula is C13H15N3O3S2. The van der Waals surface area contributed by atoms with Crippen LogP contribution in [0, 0.1) is 0 Å². The van der Waals surface area contributed by atoms with Crippen LogP contribution in [0.15, 0.2) is 40.7 Å². The minimum absolute atomic E-state index is 0.141. The lowest BCUT2D eigenvalue weighted by Crippen LogP contribution is -2.22. The number of hydrogen-bond acceptors (Lipinski definition) is 5. The van der Waals surface area contributed by atoms with Crippen LogP contribution in [0.3, 0.4) is 0 Å². The van der Waals surface area contributed by atoms with Crippen LogP contribution >= 0.6 is 11.3 Å². The summed E-state index contributed by atoms with van der Waals surface area (Å²) >= 11 is 1.13. The molecule has 0 atom stereocenters. The standard InChI is InChI=1S/C13H15N3O3S2/c1-10(17)15-9-12-5-6-13(20-12)21(18,19)16-8-11-4-2-3-7-14-11/h2-7,16H,8-9H2,1H3,(H,15,17). The minimum atomic E-state index is -3.56. The smallest absolute Gasteiger partial charge is 0.250 e. The Bertz CT molecular complexity index is 711. The Morgan fingerprint density at radius 2 is 2.05 bits per heavy atom. The molecule has 0 aromatic carbocycles. The maximum Gasteiger partial charge on any atom is 0.250 e. The van der Waals surface area contributed by atoms with Crippen LogP contribution in [-0.4, -0.2) is 19.3 Å². The van der Waals surface area contributed by atoms with Crippen LogP contribution in [0.5, 0.6) is 0 Å². The average Bonchev–Trinajstić information content (AvgIpc) is 2.94. The van der Waals surface area contributed by atoms with Gasteiger partial charge in [0.25, 0.3) is 0 Å². The van der Waals surface area contributed by atoms with E-state index in [2.05, 4.69) is 15.0 Å². The molecule has 0 aliphatic carbocycles. The van der Waals surface area contributed by atoms with E-state index in [9.17, 15) is 13.2 Å². The van der Waals surface area contributed by atoms with E-state index in [4.69, 9.17) is 0 Å². The van der Waals surface area contributed by atoms with Gasteiger partial charge in [0, 0.05) is 18.0 Å². The van der Waals surface area contributed by atoms with Gasteiger partial charge in [0.1, 0.15) is 4.21 Å². The highest BCUT2D eigenvalue weighted by Gasteiger charge is 2.16. The van der Waals surface area contributed by atoms with E-state index < -0.39 is 10.0 Å². The van der Waals surface area contributed by atoms with Crippen LogP contribution in [0.4, 0.5) is 0 Å². The first-order chi connectivity index (χ1) is 9.97. The quantitative estimate of drug-likeness (QED) is 0.837. The van der Waals surface area contributed by atoms with Crippen molar-refractivity contribution in [3.05, 3.63) is 47.1 Å². The lowest BCUT2D eigenvalue weighted by atomic mass is 10.4. The molecule has 0 aliphatic heterocycles. The van der Waals surface area contributed by atoms with Crippen molar-refractivity contribution in [2.24, 2.45) is 0 Å². The summed E-state index contributed by atoms with van der Waals surface area (Å²) in [6.07, 6.45) is 1.61. The number of aromatic nitrogens is 1. The summed E-state index contributed by atoms with van der Waals surface area (Å²) in [6.45, 7) is 1.89. The Morgan fingerprint density at radius 3 is 2.71 bits per heavy atom. The Hall–Kier alpha value is -1.77. The fourth-order valence-corrected chi connectivity index (χ4v) is 3.89. The third-order valence-electron chi connectivity index (χ3n) is 2.58. The normalized spacial score (nSPS) is 11.3. The van der Waals surface area contributed by atoms with Crippen molar-refractivity contribution in [3.63, 3.8) is 0 Å². The van der Waals surface area contributed by atoms with Crippen LogP contribution in [0.25, 0.3) is 0 Å². The number of hydrogen-bond donors (Lipinski definition) is 2. The van der Waals surface area contributed by atoms with Gasteiger partial charge >= 0.3 is 0 Å². The highest BCUT2D eigenvalue weighted by molar-refractivity contribution is 7.91. The van der Waals surface area contributed by atoms with Crippen molar-refractivity contribution in [2.75, 3.05) is 0 Å². The molecule has 2 aromatic rings. The molecular weight excluding hydrogens is 310 g/mol. The van der Waals surface area contributed by atoms with E-state index in [-0.39, 0.29) is 16.7 Å². The van der Waals surface area contributed by atoms with Gasteiger partial charge < -0.3 is 5.32 Å². The highest BCUT2D eigenvalue weighted by Crippen LogP contribution is 2.21. The third-order valence-corrected chi connectivity index (χ3v) is 5.56. The van der Waals surface area contributed by atoms with Crippen LogP contribution in [0.1, 0.15) is 17.5 Å². The second-order valence-corrected chi connectivity index (χ2v) is 7.44. The van der Waals surface area contributed by atoms with E-state index in [0.29, 0.717) is 12.2 Å². The van der Waals surface area contributed by atoms with Gasteiger partial charge in [0.05, 0.1) is 18.8 Å². The fraction of sp³-hybridized carbons (Fsp3) is 0.231. The molecule has 112 valence electrons. The van der Waals surface area contributed by atoms with Gasteiger partial charge in [-0.1, -0.05) is 6.07 Å². The summed E-state index contributed by atoms with van der Waals surface area (Å²) < 4.78 is 27.0. The zero-order chi connectivity index (χ0) is 15.3. The summed E-state index contributed by atoms with van der Waals surface area (Å²) in [5, 5.41) is 2.63. The van der Waals surface area contributed by atoms with Crippen molar-refractivity contribution in [3.8, 4) is 0 Å². The first kappa shape index (κ1) is 15.6. The predicted octanol–water partition coefficient (Wildman–Crippen LogP) is 1.26. The number of carbonyl (C=O) groups excluding carboxylic acids is 1.